The number of hydrogen-bond donors (Lipinski definition) is 3. The van der Waals surface area contributed by atoms with Crippen molar-refractivity contribution in [3.8, 4) is 0 Å². The summed E-state index contributed by atoms with van der Waals surface area (Å²) in [5.74, 6) is -3.83. The summed E-state index contributed by atoms with van der Waals surface area (Å²) in [5, 5.41) is 13.9. The van der Waals surface area contributed by atoms with Crippen LogP contribution >= 0.6 is 11.3 Å². The van der Waals surface area contributed by atoms with Crippen molar-refractivity contribution in [3.63, 3.8) is 0 Å². The summed E-state index contributed by atoms with van der Waals surface area (Å²) < 4.78 is 54.4. The minimum absolute atomic E-state index is 0.0199. The predicted octanol–water partition coefficient (Wildman–Crippen LogP) is 7.58. The minimum atomic E-state index is -4.80. The minimum Gasteiger partial charge on any atom is -0.481 e. The fourth-order valence-corrected chi connectivity index (χ4v) is 6.24. The van der Waals surface area contributed by atoms with Gasteiger partial charge in [-0.1, -0.05) is 53.8 Å². The summed E-state index contributed by atoms with van der Waals surface area (Å²) in [5.41, 5.74) is 2.64. The number of rotatable bonds is 10. The zero-order valence-corrected chi connectivity index (χ0v) is 24.7. The van der Waals surface area contributed by atoms with Crippen molar-refractivity contribution in [1.82, 2.24) is 10.3 Å². The fourth-order valence-electron chi connectivity index (χ4n) is 5.26. The normalized spacial score (nSPS) is 14.1. The summed E-state index contributed by atoms with van der Waals surface area (Å²) >= 11 is 0.623. The van der Waals surface area contributed by atoms with E-state index in [1.165, 1.54) is 5.57 Å². The number of carbonyl (C=O) groups is 3. The first kappa shape index (κ1) is 31.8. The van der Waals surface area contributed by atoms with Gasteiger partial charge in [0.2, 0.25) is 5.91 Å². The van der Waals surface area contributed by atoms with Crippen LogP contribution in [0.3, 0.4) is 0 Å². The van der Waals surface area contributed by atoms with E-state index in [9.17, 15) is 31.9 Å². The molecule has 7 nitrogen and oxygen atoms in total. The fraction of sp³-hybridized carbons (Fsp3) is 0.273. The molecule has 0 spiro atoms. The number of anilines is 1. The van der Waals surface area contributed by atoms with Gasteiger partial charge in [-0.2, -0.15) is 13.2 Å². The molecule has 0 saturated heterocycles. The molecule has 0 bridgehead atoms. The maximum absolute atomic E-state index is 14.0. The number of carboxylic acids is 1. The van der Waals surface area contributed by atoms with E-state index in [-0.39, 0.29) is 34.7 Å². The summed E-state index contributed by atoms with van der Waals surface area (Å²) in [6.45, 7) is -0.0199. The highest BCUT2D eigenvalue weighted by Gasteiger charge is 2.35. The van der Waals surface area contributed by atoms with Gasteiger partial charge < -0.3 is 15.7 Å². The quantitative estimate of drug-likeness (QED) is 0.155. The summed E-state index contributed by atoms with van der Waals surface area (Å²) in [6.07, 6.45) is 1.64. The standard InChI is InChI=1S/C33H29F4N3O4S/c34-24-17-26(33(35,36)37)29-27(18-24)39-32(45-29)40-31(44)25(22-12-10-21(11-13-22)20-4-2-1-3-5-20)16-19-6-8-23(9-7-19)30(43)38-15-14-28(41)42/h4,6-13,17-18,25H,1-3,5,14-16H2,(H,38,43)(H,41,42)(H,39,40,44). The first-order chi connectivity index (χ1) is 21.5. The van der Waals surface area contributed by atoms with Crippen molar-refractivity contribution in [3.05, 3.63) is 100 Å². The van der Waals surface area contributed by atoms with Gasteiger partial charge in [0.15, 0.2) is 5.13 Å². The van der Waals surface area contributed by atoms with Crippen LogP contribution in [0.4, 0.5) is 22.7 Å². The lowest BCUT2D eigenvalue weighted by molar-refractivity contribution is -0.137. The van der Waals surface area contributed by atoms with Crippen molar-refractivity contribution in [2.75, 3.05) is 11.9 Å². The molecule has 3 aromatic carbocycles. The van der Waals surface area contributed by atoms with Crippen LogP contribution in [0.2, 0.25) is 0 Å². The van der Waals surface area contributed by atoms with E-state index in [1.807, 2.05) is 24.3 Å². The van der Waals surface area contributed by atoms with Gasteiger partial charge in [-0.25, -0.2) is 9.37 Å². The van der Waals surface area contributed by atoms with Gasteiger partial charge in [0.25, 0.3) is 5.91 Å². The molecule has 1 heterocycles. The summed E-state index contributed by atoms with van der Waals surface area (Å²) in [4.78, 5) is 40.9. The number of benzene rings is 3. The molecule has 0 radical (unpaired) electrons. The Labute approximate surface area is 260 Å². The lowest BCUT2D eigenvalue weighted by Crippen LogP contribution is -2.26. The molecule has 2 amide bonds. The maximum Gasteiger partial charge on any atom is 0.417 e. The summed E-state index contributed by atoms with van der Waals surface area (Å²) in [6, 6.07) is 15.4. The average molecular weight is 640 g/mol. The van der Waals surface area contributed by atoms with E-state index in [4.69, 9.17) is 5.11 Å². The van der Waals surface area contributed by atoms with Crippen molar-refractivity contribution < 1.29 is 37.1 Å². The van der Waals surface area contributed by atoms with Gasteiger partial charge in [0, 0.05) is 18.2 Å². The highest BCUT2D eigenvalue weighted by atomic mass is 32.1. The first-order valence-electron chi connectivity index (χ1n) is 14.3. The van der Waals surface area contributed by atoms with Crippen LogP contribution in [-0.2, 0) is 22.2 Å². The van der Waals surface area contributed by atoms with Crippen LogP contribution < -0.4 is 10.6 Å². The second kappa shape index (κ2) is 13.6. The molecule has 4 aromatic rings. The number of allylic oxidation sites excluding steroid dienone is 2. The molecule has 0 aliphatic heterocycles. The Kier molecular flexibility index (Phi) is 9.62. The highest BCUT2D eigenvalue weighted by Crippen LogP contribution is 2.40. The van der Waals surface area contributed by atoms with Crippen molar-refractivity contribution in [2.24, 2.45) is 0 Å². The predicted molar refractivity (Wildman–Crippen MR) is 164 cm³/mol. The molecular formula is C33H29F4N3O4S. The Balaban J connectivity index is 1.40. The van der Waals surface area contributed by atoms with Gasteiger partial charge in [-0.05, 0) is 72.6 Å². The number of aromatic nitrogens is 1. The third kappa shape index (κ3) is 7.93. The largest absolute Gasteiger partial charge is 0.481 e. The summed E-state index contributed by atoms with van der Waals surface area (Å²) in [7, 11) is 0. The van der Waals surface area contributed by atoms with Crippen molar-refractivity contribution in [2.45, 2.75) is 50.6 Å². The van der Waals surface area contributed by atoms with Crippen molar-refractivity contribution in [1.29, 1.82) is 0 Å². The highest BCUT2D eigenvalue weighted by molar-refractivity contribution is 7.22. The maximum atomic E-state index is 14.0. The van der Waals surface area contributed by atoms with E-state index in [1.54, 1.807) is 24.3 Å². The lowest BCUT2D eigenvalue weighted by Gasteiger charge is -2.18. The van der Waals surface area contributed by atoms with Crippen LogP contribution in [0.25, 0.3) is 15.8 Å². The van der Waals surface area contributed by atoms with E-state index >= 15 is 0 Å². The van der Waals surface area contributed by atoms with Crippen molar-refractivity contribution >= 4 is 50.0 Å². The van der Waals surface area contributed by atoms with Gasteiger partial charge in [0.05, 0.1) is 28.1 Å². The topological polar surface area (TPSA) is 108 Å². The molecule has 1 unspecified atom stereocenters. The number of carbonyl (C=O) groups excluding carboxylic acids is 2. The first-order valence-corrected chi connectivity index (χ1v) is 15.2. The van der Waals surface area contributed by atoms with E-state index in [0.29, 0.717) is 34.1 Å². The SMILES string of the molecule is O=C(O)CCNC(=O)c1ccc(CC(C(=O)Nc2nc3cc(F)cc(C(F)(F)F)c3s2)c2ccc(C3=CCCCC3)cc2)cc1. The Morgan fingerprint density at radius 3 is 2.38 bits per heavy atom. The molecule has 234 valence electrons. The Bertz CT molecular complexity index is 1750. The van der Waals surface area contributed by atoms with Gasteiger partial charge in [-0.3, -0.25) is 14.4 Å². The van der Waals surface area contributed by atoms with Crippen LogP contribution in [0, 0.1) is 5.82 Å². The molecule has 5 rings (SSSR count). The van der Waals surface area contributed by atoms with E-state index in [2.05, 4.69) is 21.7 Å². The monoisotopic (exact) mass is 639 g/mol. The zero-order chi connectivity index (χ0) is 32.1. The third-order valence-electron chi connectivity index (χ3n) is 7.56. The molecule has 0 saturated carbocycles. The van der Waals surface area contributed by atoms with E-state index in [0.717, 1.165) is 37.3 Å². The molecule has 1 aliphatic carbocycles. The van der Waals surface area contributed by atoms with Crippen LogP contribution in [0.15, 0.2) is 66.7 Å². The molecule has 1 aromatic heterocycles. The number of thiazole rings is 1. The van der Waals surface area contributed by atoms with Gasteiger partial charge in [-0.15, -0.1) is 0 Å². The number of nitrogens with zero attached hydrogens (tertiary/aromatic N) is 1. The number of hydrogen-bond acceptors (Lipinski definition) is 5. The molecular weight excluding hydrogens is 610 g/mol. The Morgan fingerprint density at radius 1 is 1.00 bits per heavy atom. The van der Waals surface area contributed by atoms with Gasteiger partial charge in [0.1, 0.15) is 5.82 Å². The molecule has 12 heteroatoms. The molecule has 45 heavy (non-hydrogen) atoms. The molecule has 1 aliphatic rings. The van der Waals surface area contributed by atoms with E-state index < -0.39 is 41.3 Å². The second-order valence-corrected chi connectivity index (χ2v) is 11.8. The third-order valence-corrected chi connectivity index (χ3v) is 8.58. The number of amides is 2. The number of halogens is 4. The van der Waals surface area contributed by atoms with Crippen LogP contribution in [0.5, 0.6) is 0 Å². The number of aliphatic carboxylic acids is 1. The molecule has 1 atom stereocenters. The number of alkyl halides is 3. The Hall–Kier alpha value is -4.58. The lowest BCUT2D eigenvalue weighted by atomic mass is 9.88. The Morgan fingerprint density at radius 2 is 1.73 bits per heavy atom. The number of fused-ring (bicyclic) bond motifs is 1. The van der Waals surface area contributed by atoms with Crippen LogP contribution in [0.1, 0.15) is 70.6 Å². The zero-order valence-electron chi connectivity index (χ0n) is 23.9. The smallest absolute Gasteiger partial charge is 0.417 e. The number of carboxylic acid groups (broad SMARTS) is 1. The average Bonchev–Trinajstić information content (AvgIpc) is 3.41. The second-order valence-electron chi connectivity index (χ2n) is 10.8. The van der Waals surface area contributed by atoms with Crippen LogP contribution in [-0.4, -0.2) is 34.4 Å². The number of nitrogens with one attached hydrogen (secondary N) is 2. The molecule has 3 N–H and O–H groups in total. The van der Waals surface area contributed by atoms with Gasteiger partial charge >= 0.3 is 12.1 Å². The molecule has 0 fully saturated rings.